The third kappa shape index (κ3) is 8.99. The van der Waals surface area contributed by atoms with Crippen molar-refractivity contribution in [3.8, 4) is 28.6 Å². The fourth-order valence-electron chi connectivity index (χ4n) is 6.07. The van der Waals surface area contributed by atoms with Crippen molar-refractivity contribution < 1.29 is 28.4 Å². The zero-order valence-electron chi connectivity index (χ0n) is 29.1. The Morgan fingerprint density at radius 1 is 0.769 bits per heavy atom. The summed E-state index contributed by atoms with van der Waals surface area (Å²) < 4.78 is 29.7. The van der Waals surface area contributed by atoms with Gasteiger partial charge in [0.25, 0.3) is 0 Å². The molecule has 2 N–H and O–H groups in total. The van der Waals surface area contributed by atoms with Crippen LogP contribution in [0.2, 0.25) is 0 Å². The standard InChI is InChI=1S/C43H43N3O6/c1-31-27-41(32-9-3-2-4-10-32)52-43-28-36(18-19-37(31)43)49-23-8-7-11-34-30-46(45-34)22-20-44-21-24-48-25-26-50-35-16-14-33(15-17-35)42-29-39(47)38-12-5-6-13-40(38)51-42/h2-6,9-10,12-19,27-30,44,46H,1,7-8,11,20-26H2. The monoisotopic (exact) mass is 697 g/mol. The highest BCUT2D eigenvalue weighted by atomic mass is 16.5. The zero-order chi connectivity index (χ0) is 35.5. The summed E-state index contributed by atoms with van der Waals surface area (Å²) in [7, 11) is 0. The number of nitrogens with zero attached hydrogens (tertiary/aromatic N) is 1. The molecule has 0 radical (unpaired) electrons. The molecule has 7 rings (SSSR count). The van der Waals surface area contributed by atoms with Crippen LogP contribution in [0.3, 0.4) is 0 Å². The fraction of sp³-hybridized carbons (Fsp3) is 0.233. The van der Waals surface area contributed by atoms with Crippen LogP contribution in [0.25, 0.3) is 39.1 Å². The molecule has 0 bridgehead atoms. The third-order valence-corrected chi connectivity index (χ3v) is 8.85. The van der Waals surface area contributed by atoms with Crippen LogP contribution in [-0.4, -0.2) is 46.1 Å². The molecule has 0 saturated heterocycles. The highest BCUT2D eigenvalue weighted by Gasteiger charge is 2.18. The van der Waals surface area contributed by atoms with Gasteiger partial charge in [0.05, 0.1) is 38.0 Å². The van der Waals surface area contributed by atoms with E-state index in [1.54, 1.807) is 12.1 Å². The molecule has 9 nitrogen and oxygen atoms in total. The number of rotatable bonds is 18. The highest BCUT2D eigenvalue weighted by molar-refractivity contribution is 5.87. The Bertz CT molecular complexity index is 2110. The lowest BCUT2D eigenvalue weighted by Crippen LogP contribution is -3.07. The number of unbranched alkanes of at least 4 members (excludes halogenated alkanes) is 1. The number of quaternary nitrogens is 1. The lowest BCUT2D eigenvalue weighted by Gasteiger charge is -2.40. The number of para-hydroxylation sites is 1. The molecular weight excluding hydrogens is 654 g/mol. The van der Waals surface area contributed by atoms with Crippen molar-refractivity contribution in [3.05, 3.63) is 154 Å². The van der Waals surface area contributed by atoms with Crippen LogP contribution in [0.15, 0.2) is 137 Å². The Morgan fingerprint density at radius 2 is 1.56 bits per heavy atom. The number of fused-ring (bicyclic) bond motifs is 2. The summed E-state index contributed by atoms with van der Waals surface area (Å²) in [6, 6.07) is 32.3. The van der Waals surface area contributed by atoms with Gasteiger partial charge < -0.3 is 39.1 Å². The minimum atomic E-state index is -0.0568. The van der Waals surface area contributed by atoms with Crippen LogP contribution < -0.4 is 30.0 Å². The van der Waals surface area contributed by atoms with Gasteiger partial charge in [0.1, 0.15) is 41.0 Å². The summed E-state index contributed by atoms with van der Waals surface area (Å²) in [5.41, 5.74) is 10.1. The molecule has 0 spiro atoms. The highest BCUT2D eigenvalue weighted by Crippen LogP contribution is 2.38. The Labute approximate surface area is 303 Å². The maximum absolute atomic E-state index is 12.4. The van der Waals surface area contributed by atoms with E-state index in [4.69, 9.17) is 28.8 Å². The van der Waals surface area contributed by atoms with E-state index in [0.717, 1.165) is 94.9 Å². The molecule has 5 aromatic rings. The lowest BCUT2D eigenvalue weighted by molar-refractivity contribution is -0.820. The van der Waals surface area contributed by atoms with Crippen molar-refractivity contribution in [1.82, 2.24) is 5.32 Å². The van der Waals surface area contributed by atoms with Gasteiger partial charge in [-0.05, 0) is 79.4 Å². The summed E-state index contributed by atoms with van der Waals surface area (Å²) in [4.78, 5) is 12.4. The zero-order valence-corrected chi connectivity index (χ0v) is 29.1. The van der Waals surface area contributed by atoms with E-state index in [2.05, 4.69) is 18.1 Å². The Hall–Kier alpha value is -5.61. The number of nitrogens with one attached hydrogen (secondary N) is 2. The number of hydrogen-bond acceptors (Lipinski definition) is 7. The lowest BCUT2D eigenvalue weighted by atomic mass is 10.0. The third-order valence-electron chi connectivity index (χ3n) is 8.85. The predicted octanol–water partition coefficient (Wildman–Crippen LogP) is 7.17. The van der Waals surface area contributed by atoms with Crippen LogP contribution in [0.1, 0.15) is 30.4 Å². The second-order valence-electron chi connectivity index (χ2n) is 12.7. The number of benzene rings is 4. The molecule has 4 aromatic carbocycles. The van der Waals surface area contributed by atoms with E-state index in [-0.39, 0.29) is 5.43 Å². The molecule has 2 aliphatic rings. The Balaban J connectivity index is 0.703. The van der Waals surface area contributed by atoms with Gasteiger partial charge in [-0.25, -0.2) is 0 Å². The first kappa shape index (κ1) is 34.8. The molecule has 2 aliphatic heterocycles. The molecule has 1 unspecified atom stereocenters. The van der Waals surface area contributed by atoms with Crippen LogP contribution in [0.5, 0.6) is 17.2 Å². The quantitative estimate of drug-likeness (QED) is 0.0938. The maximum atomic E-state index is 12.4. The van der Waals surface area contributed by atoms with Gasteiger partial charge in [-0.3, -0.25) is 4.79 Å². The Morgan fingerprint density at radius 3 is 2.42 bits per heavy atom. The van der Waals surface area contributed by atoms with Crippen LogP contribution in [-0.2, 0) is 4.74 Å². The molecule has 9 heteroatoms. The number of hydrogen-bond donors (Lipinski definition) is 2. The summed E-state index contributed by atoms with van der Waals surface area (Å²) in [6.45, 7) is 8.95. The molecule has 266 valence electrons. The van der Waals surface area contributed by atoms with E-state index >= 15 is 0 Å². The topological polar surface area (TPSA) is 97.7 Å². The van der Waals surface area contributed by atoms with Crippen LogP contribution in [0.4, 0.5) is 0 Å². The van der Waals surface area contributed by atoms with E-state index in [1.165, 1.54) is 6.07 Å². The van der Waals surface area contributed by atoms with Crippen molar-refractivity contribution in [1.29, 1.82) is 0 Å². The Kier molecular flexibility index (Phi) is 11.4. The van der Waals surface area contributed by atoms with Gasteiger partial charge in [-0.1, -0.05) is 54.7 Å². The molecule has 3 heterocycles. The molecule has 1 atom stereocenters. The van der Waals surface area contributed by atoms with Gasteiger partial charge in [-0.2, -0.15) is 0 Å². The van der Waals surface area contributed by atoms with Gasteiger partial charge in [0.15, 0.2) is 5.43 Å². The molecule has 0 saturated carbocycles. The van der Waals surface area contributed by atoms with Gasteiger partial charge >= 0.3 is 0 Å². The summed E-state index contributed by atoms with van der Waals surface area (Å²) >= 11 is 0. The summed E-state index contributed by atoms with van der Waals surface area (Å²) in [5, 5.41) is 5.13. The SMILES string of the molecule is C=C1C=C(c2ccccc2)Oc2cc(OCCCCC3=C[NH+](CCNCCOCCOc4ccc(-c5cc(=O)c6ccccc6o5)cc4)[N-]3)ccc21. The van der Waals surface area contributed by atoms with E-state index in [9.17, 15) is 4.79 Å². The average Bonchev–Trinajstić information content (AvgIpc) is 3.16. The van der Waals surface area contributed by atoms with Gasteiger partial charge in [-0.15, -0.1) is 0 Å². The normalized spacial score (nSPS) is 14.8. The first-order valence-corrected chi connectivity index (χ1v) is 17.8. The summed E-state index contributed by atoms with van der Waals surface area (Å²) in [5.74, 6) is 3.64. The first-order valence-electron chi connectivity index (χ1n) is 17.8. The second kappa shape index (κ2) is 17.1. The summed E-state index contributed by atoms with van der Waals surface area (Å²) in [6.07, 6.45) is 7.12. The number of allylic oxidation sites excluding steroid dienone is 3. The van der Waals surface area contributed by atoms with Crippen molar-refractivity contribution in [2.45, 2.75) is 19.3 Å². The van der Waals surface area contributed by atoms with Crippen molar-refractivity contribution >= 4 is 22.3 Å². The fourth-order valence-corrected chi connectivity index (χ4v) is 6.07. The molecule has 0 aliphatic carbocycles. The first-order chi connectivity index (χ1) is 25.6. The van der Waals surface area contributed by atoms with Gasteiger partial charge in [0, 0.05) is 41.9 Å². The smallest absolute Gasteiger partial charge is 0.193 e. The maximum Gasteiger partial charge on any atom is 0.193 e. The predicted molar refractivity (Wildman–Crippen MR) is 204 cm³/mol. The van der Waals surface area contributed by atoms with Crippen molar-refractivity contribution in [3.63, 3.8) is 0 Å². The van der Waals surface area contributed by atoms with Crippen LogP contribution >= 0.6 is 0 Å². The molecular formula is C43H43N3O6. The molecule has 0 amide bonds. The molecule has 52 heavy (non-hydrogen) atoms. The van der Waals surface area contributed by atoms with E-state index < -0.39 is 0 Å². The minimum Gasteiger partial charge on any atom is -0.493 e. The van der Waals surface area contributed by atoms with Crippen molar-refractivity contribution in [2.75, 3.05) is 46.1 Å². The van der Waals surface area contributed by atoms with Crippen molar-refractivity contribution in [2.24, 2.45) is 0 Å². The number of ether oxygens (including phenoxy) is 4. The molecule has 1 aromatic heterocycles. The van der Waals surface area contributed by atoms with Gasteiger partial charge in [0.2, 0.25) is 0 Å². The van der Waals surface area contributed by atoms with E-state index in [1.807, 2.05) is 91.0 Å². The average molecular weight is 698 g/mol. The van der Waals surface area contributed by atoms with Crippen LogP contribution in [0, 0.1) is 0 Å². The van der Waals surface area contributed by atoms with E-state index in [0.29, 0.717) is 43.2 Å². The minimum absolute atomic E-state index is 0.0568. The second-order valence-corrected chi connectivity index (χ2v) is 12.7. The molecule has 0 fully saturated rings. The largest absolute Gasteiger partial charge is 0.493 e.